The molecular formula is C37H31ClN4O4S. The number of nitrogens with zero attached hydrogens (tertiary/aromatic N) is 1. The summed E-state index contributed by atoms with van der Waals surface area (Å²) in [6.45, 7) is 2.43. The lowest BCUT2D eigenvalue weighted by atomic mass is 10.1. The summed E-state index contributed by atoms with van der Waals surface area (Å²) >= 11 is 7.28. The van der Waals surface area contributed by atoms with Crippen LogP contribution in [0.15, 0.2) is 138 Å². The predicted molar refractivity (Wildman–Crippen MR) is 187 cm³/mol. The first-order chi connectivity index (χ1) is 22.9. The molecule has 4 aromatic carbocycles. The minimum Gasteiger partial charge on any atom is -0.494 e. The molecule has 3 amide bonds. The van der Waals surface area contributed by atoms with Crippen molar-refractivity contribution in [3.63, 3.8) is 0 Å². The Hall–Kier alpha value is -5.38. The summed E-state index contributed by atoms with van der Waals surface area (Å²) in [4.78, 5) is 45.1. The summed E-state index contributed by atoms with van der Waals surface area (Å²) in [5.74, 6) is -0.128. The average Bonchev–Trinajstić information content (AvgIpc) is 3.09. The number of carbonyl (C=O) groups is 3. The van der Waals surface area contributed by atoms with Gasteiger partial charge in [0.2, 0.25) is 5.91 Å². The second-order valence-corrected chi connectivity index (χ2v) is 11.7. The van der Waals surface area contributed by atoms with Crippen molar-refractivity contribution >= 4 is 58.7 Å². The lowest BCUT2D eigenvalue weighted by Gasteiger charge is -2.17. The number of aromatic nitrogens is 1. The molecule has 1 atom stereocenters. The van der Waals surface area contributed by atoms with Gasteiger partial charge in [-0.15, -0.1) is 11.8 Å². The van der Waals surface area contributed by atoms with Crippen LogP contribution in [-0.2, 0) is 9.59 Å². The molecule has 0 saturated heterocycles. The fourth-order valence-corrected chi connectivity index (χ4v) is 5.66. The summed E-state index contributed by atoms with van der Waals surface area (Å²) in [5.41, 5.74) is 2.44. The van der Waals surface area contributed by atoms with E-state index in [1.54, 1.807) is 84.9 Å². The monoisotopic (exact) mass is 662 g/mol. The van der Waals surface area contributed by atoms with Crippen LogP contribution in [0.4, 0.5) is 11.5 Å². The molecule has 0 spiro atoms. The fourth-order valence-electron chi connectivity index (χ4n) is 4.46. The highest BCUT2D eigenvalue weighted by atomic mass is 35.5. The Morgan fingerprint density at radius 3 is 2.26 bits per heavy atom. The minimum atomic E-state index is -0.625. The number of rotatable bonds is 12. The third-order valence-corrected chi connectivity index (χ3v) is 8.17. The number of hydrogen-bond donors (Lipinski definition) is 3. The molecule has 0 aliphatic heterocycles. The van der Waals surface area contributed by atoms with E-state index in [4.69, 9.17) is 16.3 Å². The quantitative estimate of drug-likeness (QED) is 0.0922. The van der Waals surface area contributed by atoms with E-state index in [1.807, 2.05) is 49.4 Å². The molecular weight excluding hydrogens is 632 g/mol. The van der Waals surface area contributed by atoms with Gasteiger partial charge >= 0.3 is 0 Å². The first-order valence-electron chi connectivity index (χ1n) is 14.7. The maximum atomic E-state index is 13.6. The number of halogens is 1. The molecule has 1 heterocycles. The Balaban J connectivity index is 1.37. The van der Waals surface area contributed by atoms with Gasteiger partial charge in [-0.2, -0.15) is 0 Å². The van der Waals surface area contributed by atoms with Crippen LogP contribution in [0.3, 0.4) is 0 Å². The predicted octanol–water partition coefficient (Wildman–Crippen LogP) is 8.02. The van der Waals surface area contributed by atoms with Crippen molar-refractivity contribution in [1.82, 2.24) is 10.3 Å². The first-order valence-corrected chi connectivity index (χ1v) is 16.0. The molecule has 236 valence electrons. The molecule has 47 heavy (non-hydrogen) atoms. The van der Waals surface area contributed by atoms with Crippen molar-refractivity contribution in [3.8, 4) is 5.75 Å². The van der Waals surface area contributed by atoms with Crippen LogP contribution in [0.5, 0.6) is 5.75 Å². The number of anilines is 2. The van der Waals surface area contributed by atoms with Crippen LogP contribution >= 0.6 is 23.4 Å². The van der Waals surface area contributed by atoms with Crippen LogP contribution < -0.4 is 20.7 Å². The number of ether oxygens (including phenoxy) is 1. The fraction of sp³-hybridized carbons (Fsp3) is 0.0811. The number of nitrogens with one attached hydrogen (secondary N) is 3. The summed E-state index contributed by atoms with van der Waals surface area (Å²) < 4.78 is 5.53. The molecule has 0 aliphatic carbocycles. The van der Waals surface area contributed by atoms with Gasteiger partial charge in [0, 0.05) is 22.3 Å². The van der Waals surface area contributed by atoms with Crippen molar-refractivity contribution in [2.24, 2.45) is 0 Å². The van der Waals surface area contributed by atoms with Crippen LogP contribution in [-0.4, -0.2) is 29.3 Å². The molecule has 8 nitrogen and oxygen atoms in total. The lowest BCUT2D eigenvalue weighted by Crippen LogP contribution is -2.30. The molecule has 3 N–H and O–H groups in total. The normalized spacial score (nSPS) is 11.7. The summed E-state index contributed by atoms with van der Waals surface area (Å²) in [7, 11) is 0. The molecule has 0 fully saturated rings. The SMILES string of the molecule is CCOc1ccc(/C=C(/NC(=O)c2ccccc2)C(=O)Nc2cccc(SC(C(=O)Nc3ccc(Cl)cn3)c3ccccc3)c2)cc1. The Labute approximate surface area is 282 Å². The zero-order valence-electron chi connectivity index (χ0n) is 25.4. The topological polar surface area (TPSA) is 109 Å². The van der Waals surface area contributed by atoms with E-state index in [0.29, 0.717) is 40.0 Å². The van der Waals surface area contributed by atoms with Gasteiger partial charge in [0.15, 0.2) is 0 Å². The highest BCUT2D eigenvalue weighted by molar-refractivity contribution is 8.00. The standard InChI is InChI=1S/C37H31ClN4O4S/c1-2-46-30-19-16-25(17-20-30)22-32(41-35(43)27-12-7-4-8-13-27)36(44)40-29-14-9-15-31(23-29)47-34(26-10-5-3-6-11-26)37(45)42-33-21-18-28(38)24-39-33/h3-24,34H,2H2,1H3,(H,40,44)(H,41,43)(H,39,42,45)/b32-22+. The van der Waals surface area contributed by atoms with Gasteiger partial charge in [0.25, 0.3) is 11.8 Å². The van der Waals surface area contributed by atoms with Gasteiger partial charge < -0.3 is 20.7 Å². The van der Waals surface area contributed by atoms with E-state index in [-0.39, 0.29) is 11.6 Å². The Morgan fingerprint density at radius 2 is 1.57 bits per heavy atom. The molecule has 1 unspecified atom stereocenters. The molecule has 5 aromatic rings. The average molecular weight is 663 g/mol. The Kier molecular flexibility index (Phi) is 11.4. The number of pyridine rings is 1. The number of thioether (sulfide) groups is 1. The number of carbonyl (C=O) groups excluding carboxylic acids is 3. The van der Waals surface area contributed by atoms with Crippen LogP contribution in [0.25, 0.3) is 6.08 Å². The summed E-state index contributed by atoms with van der Waals surface area (Å²) in [6.07, 6.45) is 3.07. The maximum Gasteiger partial charge on any atom is 0.272 e. The third kappa shape index (κ3) is 9.56. The molecule has 0 radical (unpaired) electrons. The lowest BCUT2D eigenvalue weighted by molar-refractivity contribution is -0.116. The van der Waals surface area contributed by atoms with E-state index in [9.17, 15) is 14.4 Å². The number of hydrogen-bond acceptors (Lipinski definition) is 6. The van der Waals surface area contributed by atoms with Crippen molar-refractivity contribution in [3.05, 3.63) is 155 Å². The highest BCUT2D eigenvalue weighted by Gasteiger charge is 2.23. The second kappa shape index (κ2) is 16.3. The smallest absolute Gasteiger partial charge is 0.272 e. The second-order valence-electron chi connectivity index (χ2n) is 10.1. The largest absolute Gasteiger partial charge is 0.494 e. The highest BCUT2D eigenvalue weighted by Crippen LogP contribution is 2.37. The molecule has 0 aliphatic rings. The minimum absolute atomic E-state index is 0.0538. The van der Waals surface area contributed by atoms with Crippen molar-refractivity contribution in [2.45, 2.75) is 17.1 Å². The van der Waals surface area contributed by atoms with E-state index < -0.39 is 17.1 Å². The summed E-state index contributed by atoms with van der Waals surface area (Å²) in [6, 6.07) is 35.7. The number of amides is 3. The van der Waals surface area contributed by atoms with Gasteiger partial charge in [-0.25, -0.2) is 4.98 Å². The van der Waals surface area contributed by atoms with Gasteiger partial charge in [-0.1, -0.05) is 78.3 Å². The maximum absolute atomic E-state index is 13.6. The van der Waals surface area contributed by atoms with Gasteiger partial charge in [-0.05, 0) is 78.7 Å². The van der Waals surface area contributed by atoms with Crippen LogP contribution in [0.1, 0.15) is 33.7 Å². The first kappa shape index (κ1) is 33.0. The van der Waals surface area contributed by atoms with E-state index in [2.05, 4.69) is 20.9 Å². The van der Waals surface area contributed by atoms with Gasteiger partial charge in [0.05, 0.1) is 11.6 Å². The van der Waals surface area contributed by atoms with E-state index in [1.165, 1.54) is 18.0 Å². The van der Waals surface area contributed by atoms with Crippen LogP contribution in [0.2, 0.25) is 5.02 Å². The zero-order chi connectivity index (χ0) is 33.0. The van der Waals surface area contributed by atoms with E-state index in [0.717, 1.165) is 10.5 Å². The van der Waals surface area contributed by atoms with Crippen molar-refractivity contribution in [1.29, 1.82) is 0 Å². The van der Waals surface area contributed by atoms with Crippen LogP contribution in [0, 0.1) is 0 Å². The van der Waals surface area contributed by atoms with E-state index >= 15 is 0 Å². The zero-order valence-corrected chi connectivity index (χ0v) is 26.9. The molecule has 0 saturated carbocycles. The molecule has 5 rings (SSSR count). The molecule has 1 aromatic heterocycles. The Bertz CT molecular complexity index is 1850. The number of benzene rings is 4. The van der Waals surface area contributed by atoms with Gasteiger partial charge in [-0.3, -0.25) is 14.4 Å². The Morgan fingerprint density at radius 1 is 0.851 bits per heavy atom. The summed E-state index contributed by atoms with van der Waals surface area (Å²) in [5, 5.41) is 8.35. The van der Waals surface area contributed by atoms with Crippen molar-refractivity contribution in [2.75, 3.05) is 17.2 Å². The molecule has 10 heteroatoms. The van der Waals surface area contributed by atoms with Gasteiger partial charge in [0.1, 0.15) is 22.5 Å². The van der Waals surface area contributed by atoms with Crippen molar-refractivity contribution < 1.29 is 19.1 Å². The third-order valence-electron chi connectivity index (χ3n) is 6.70. The molecule has 0 bridgehead atoms.